The van der Waals surface area contributed by atoms with Crippen molar-refractivity contribution in [2.24, 2.45) is 4.99 Å². The normalized spacial score (nSPS) is 24.1. The topological polar surface area (TPSA) is 24.4 Å². The van der Waals surface area contributed by atoms with Crippen molar-refractivity contribution in [3.63, 3.8) is 0 Å². The van der Waals surface area contributed by atoms with Gasteiger partial charge < -0.3 is 5.32 Å². The van der Waals surface area contributed by atoms with E-state index in [9.17, 15) is 0 Å². The molecule has 1 saturated heterocycles. The first-order valence-electron chi connectivity index (χ1n) is 5.22. The second kappa shape index (κ2) is 5.03. The number of aryl methyl sites for hydroxylation is 1. The van der Waals surface area contributed by atoms with Crippen LogP contribution >= 0.6 is 23.1 Å². The summed E-state index contributed by atoms with van der Waals surface area (Å²) < 4.78 is 0. The lowest BCUT2D eigenvalue weighted by Crippen LogP contribution is -2.35. The summed E-state index contributed by atoms with van der Waals surface area (Å²) in [7, 11) is 0. The Morgan fingerprint density at radius 3 is 3.13 bits per heavy atom. The van der Waals surface area contributed by atoms with E-state index in [1.165, 1.54) is 22.6 Å². The maximum Gasteiger partial charge on any atom is 0.157 e. The molecule has 82 valence electrons. The van der Waals surface area contributed by atoms with E-state index in [0.29, 0.717) is 6.04 Å². The molecule has 2 heterocycles. The Bertz CT molecular complexity index is 357. The molecule has 1 aliphatic heterocycles. The third-order valence-electron chi connectivity index (χ3n) is 2.49. The lowest BCUT2D eigenvalue weighted by molar-refractivity contribution is 0.642. The van der Waals surface area contributed by atoms with Gasteiger partial charge in [0.15, 0.2) is 5.17 Å². The largest absolute Gasteiger partial charge is 0.362 e. The first-order chi connectivity index (χ1) is 7.25. The number of thiophene rings is 1. The van der Waals surface area contributed by atoms with Crippen molar-refractivity contribution >= 4 is 28.3 Å². The van der Waals surface area contributed by atoms with Gasteiger partial charge in [-0.25, -0.2) is 0 Å². The van der Waals surface area contributed by atoms with Crippen LogP contribution in [0.1, 0.15) is 23.8 Å². The predicted molar refractivity (Wildman–Crippen MR) is 69.9 cm³/mol. The molecule has 4 heteroatoms. The van der Waals surface area contributed by atoms with Crippen LogP contribution in [0.25, 0.3) is 0 Å². The van der Waals surface area contributed by atoms with Crippen LogP contribution in [-0.4, -0.2) is 17.0 Å². The zero-order valence-corrected chi connectivity index (χ0v) is 10.8. The summed E-state index contributed by atoms with van der Waals surface area (Å²) in [6, 6.07) is 2.74. The summed E-state index contributed by atoms with van der Waals surface area (Å²) in [6.45, 7) is 5.19. The summed E-state index contributed by atoms with van der Waals surface area (Å²) >= 11 is 3.63. The van der Waals surface area contributed by atoms with Crippen molar-refractivity contribution in [1.29, 1.82) is 0 Å². The fraction of sp³-hybridized carbons (Fsp3) is 0.545. The molecular weight excluding hydrogens is 224 g/mol. The lowest BCUT2D eigenvalue weighted by atomic mass is 10.3. The number of thioether (sulfide) groups is 1. The molecule has 1 aliphatic rings. The Morgan fingerprint density at radius 2 is 2.47 bits per heavy atom. The van der Waals surface area contributed by atoms with Gasteiger partial charge in [0.2, 0.25) is 0 Å². The van der Waals surface area contributed by atoms with Crippen LogP contribution in [0.15, 0.2) is 16.4 Å². The zero-order chi connectivity index (χ0) is 10.7. The van der Waals surface area contributed by atoms with E-state index >= 15 is 0 Å². The number of aliphatic imine (C=N–C) groups is 1. The number of rotatable bonds is 2. The average Bonchev–Trinajstić information content (AvgIpc) is 2.61. The second-order valence-corrected chi connectivity index (χ2v) is 5.91. The standard InChI is InChI=1S/C11H16N2S2/c1-8-3-5-14-10(8)7-12-11-13-9(2)4-6-15-11/h3,5,9H,4,6-7H2,1-2H3,(H,12,13). The molecular formula is C11H16N2S2. The van der Waals surface area contributed by atoms with Crippen LogP contribution in [0, 0.1) is 6.92 Å². The van der Waals surface area contributed by atoms with Gasteiger partial charge in [0.05, 0.1) is 6.54 Å². The highest BCUT2D eigenvalue weighted by Gasteiger charge is 2.12. The van der Waals surface area contributed by atoms with Crippen LogP contribution in [-0.2, 0) is 6.54 Å². The summed E-state index contributed by atoms with van der Waals surface area (Å²) in [5.74, 6) is 1.19. The summed E-state index contributed by atoms with van der Waals surface area (Å²) in [5.41, 5.74) is 1.36. The minimum absolute atomic E-state index is 0.578. The van der Waals surface area contributed by atoms with Crippen LogP contribution < -0.4 is 5.32 Å². The molecule has 0 aromatic carbocycles. The van der Waals surface area contributed by atoms with Crippen molar-refractivity contribution in [3.05, 3.63) is 21.9 Å². The number of hydrogen-bond acceptors (Lipinski definition) is 3. The van der Waals surface area contributed by atoms with Crippen LogP contribution in [0.2, 0.25) is 0 Å². The third kappa shape index (κ3) is 2.98. The molecule has 1 N–H and O–H groups in total. The van der Waals surface area contributed by atoms with Crippen LogP contribution in [0.3, 0.4) is 0 Å². The van der Waals surface area contributed by atoms with Crippen molar-refractivity contribution < 1.29 is 0 Å². The molecule has 0 saturated carbocycles. The minimum Gasteiger partial charge on any atom is -0.362 e. The number of nitrogens with zero attached hydrogens (tertiary/aromatic N) is 1. The minimum atomic E-state index is 0.578. The van der Waals surface area contributed by atoms with Gasteiger partial charge in [-0.2, -0.15) is 0 Å². The summed E-state index contributed by atoms with van der Waals surface area (Å²) in [5, 5.41) is 6.66. The lowest BCUT2D eigenvalue weighted by Gasteiger charge is -2.21. The van der Waals surface area contributed by atoms with E-state index < -0.39 is 0 Å². The van der Waals surface area contributed by atoms with Gasteiger partial charge >= 0.3 is 0 Å². The summed E-state index contributed by atoms with van der Waals surface area (Å²) in [4.78, 5) is 5.99. The molecule has 1 aromatic heterocycles. The highest BCUT2D eigenvalue weighted by Crippen LogP contribution is 2.18. The molecule has 0 aliphatic carbocycles. The molecule has 15 heavy (non-hydrogen) atoms. The summed E-state index contributed by atoms with van der Waals surface area (Å²) in [6.07, 6.45) is 1.24. The van der Waals surface area contributed by atoms with Crippen LogP contribution in [0.5, 0.6) is 0 Å². The molecule has 2 rings (SSSR count). The Hall–Kier alpha value is -0.480. The van der Waals surface area contributed by atoms with Gasteiger partial charge in [-0.1, -0.05) is 11.8 Å². The highest BCUT2D eigenvalue weighted by atomic mass is 32.2. The SMILES string of the molecule is Cc1ccsc1CN=C1NC(C)CCS1. The second-order valence-electron chi connectivity index (χ2n) is 3.83. The fourth-order valence-corrected chi connectivity index (χ4v) is 3.39. The van der Waals surface area contributed by atoms with Crippen molar-refractivity contribution in [2.75, 3.05) is 5.75 Å². The smallest absolute Gasteiger partial charge is 0.157 e. The monoisotopic (exact) mass is 240 g/mol. The molecule has 1 unspecified atom stereocenters. The molecule has 0 spiro atoms. The first-order valence-corrected chi connectivity index (χ1v) is 7.09. The molecule has 0 radical (unpaired) electrons. The molecule has 1 fully saturated rings. The maximum absolute atomic E-state index is 4.62. The molecule has 1 atom stereocenters. The van der Waals surface area contributed by atoms with Gasteiger partial charge in [0.25, 0.3) is 0 Å². The number of nitrogens with one attached hydrogen (secondary N) is 1. The van der Waals surface area contributed by atoms with E-state index in [1.54, 1.807) is 11.3 Å². The van der Waals surface area contributed by atoms with Crippen molar-refractivity contribution in [2.45, 2.75) is 32.9 Å². The Balaban J connectivity index is 1.96. The Morgan fingerprint density at radius 1 is 1.60 bits per heavy atom. The number of hydrogen-bond donors (Lipinski definition) is 1. The molecule has 0 amide bonds. The van der Waals surface area contributed by atoms with E-state index in [-0.39, 0.29) is 0 Å². The Kier molecular flexibility index (Phi) is 3.70. The van der Waals surface area contributed by atoms with E-state index in [2.05, 4.69) is 35.6 Å². The average molecular weight is 240 g/mol. The number of amidine groups is 1. The van der Waals surface area contributed by atoms with Crippen LogP contribution in [0.4, 0.5) is 0 Å². The quantitative estimate of drug-likeness (QED) is 0.859. The van der Waals surface area contributed by atoms with E-state index in [4.69, 9.17) is 0 Å². The highest BCUT2D eigenvalue weighted by molar-refractivity contribution is 8.13. The van der Waals surface area contributed by atoms with E-state index in [0.717, 1.165) is 11.7 Å². The predicted octanol–water partition coefficient (Wildman–Crippen LogP) is 3.03. The fourth-order valence-electron chi connectivity index (χ4n) is 1.46. The van der Waals surface area contributed by atoms with E-state index in [1.807, 2.05) is 11.8 Å². The maximum atomic E-state index is 4.62. The van der Waals surface area contributed by atoms with Gasteiger partial charge in [-0.05, 0) is 37.3 Å². The molecule has 0 bridgehead atoms. The Labute approximate surface area is 99.2 Å². The third-order valence-corrected chi connectivity index (χ3v) is 4.46. The van der Waals surface area contributed by atoms with Gasteiger partial charge in [0.1, 0.15) is 0 Å². The first kappa shape index (κ1) is 11.0. The molecule has 2 nitrogen and oxygen atoms in total. The van der Waals surface area contributed by atoms with Crippen molar-refractivity contribution in [1.82, 2.24) is 5.32 Å². The van der Waals surface area contributed by atoms with Gasteiger partial charge in [0, 0.05) is 16.7 Å². The van der Waals surface area contributed by atoms with Gasteiger partial charge in [-0.15, -0.1) is 11.3 Å². The zero-order valence-electron chi connectivity index (χ0n) is 9.12. The molecule has 1 aromatic rings. The van der Waals surface area contributed by atoms with Gasteiger partial charge in [-0.3, -0.25) is 4.99 Å². The van der Waals surface area contributed by atoms with Crippen molar-refractivity contribution in [3.8, 4) is 0 Å².